The summed E-state index contributed by atoms with van der Waals surface area (Å²) in [5.41, 5.74) is 2.62. The molecule has 0 aliphatic rings. The summed E-state index contributed by atoms with van der Waals surface area (Å²) in [6, 6.07) is 13.5. The quantitative estimate of drug-likeness (QED) is 0.755. The third-order valence-corrected chi connectivity index (χ3v) is 6.94. The molecule has 0 fully saturated rings. The molecule has 3 rings (SSSR count). The van der Waals surface area contributed by atoms with Crippen molar-refractivity contribution in [1.29, 1.82) is 0 Å². The van der Waals surface area contributed by atoms with E-state index in [1.807, 2.05) is 19.9 Å². The van der Waals surface area contributed by atoms with Crippen molar-refractivity contribution in [2.24, 2.45) is 0 Å². The highest BCUT2D eigenvalue weighted by molar-refractivity contribution is 7.93. The first kappa shape index (κ1) is 17.3. The highest BCUT2D eigenvalue weighted by Gasteiger charge is 2.21. The van der Waals surface area contributed by atoms with Crippen LogP contribution in [0.5, 0.6) is 0 Å². The number of nitrogens with zero attached hydrogens (tertiary/aromatic N) is 1. The predicted molar refractivity (Wildman–Crippen MR) is 97.9 cm³/mol. The van der Waals surface area contributed by atoms with Gasteiger partial charge in [0.15, 0.2) is 5.13 Å². The van der Waals surface area contributed by atoms with E-state index in [1.165, 1.54) is 18.3 Å². The van der Waals surface area contributed by atoms with E-state index in [1.54, 1.807) is 30.3 Å². The number of benzene rings is 2. The summed E-state index contributed by atoms with van der Waals surface area (Å²) >= 11 is 0.934. The van der Waals surface area contributed by atoms with Gasteiger partial charge in [0, 0.05) is 5.56 Å². The summed E-state index contributed by atoms with van der Waals surface area (Å²) in [6.45, 7) is 3.90. The number of carbonyl (C=O) groups excluding carboxylic acids is 1. The van der Waals surface area contributed by atoms with Crippen LogP contribution in [0.4, 0.5) is 5.13 Å². The maximum atomic E-state index is 12.5. The second kappa shape index (κ2) is 6.78. The van der Waals surface area contributed by atoms with Gasteiger partial charge in [0.1, 0.15) is 4.21 Å². The van der Waals surface area contributed by atoms with Crippen molar-refractivity contribution in [2.45, 2.75) is 23.0 Å². The minimum atomic E-state index is -3.63. The highest BCUT2D eigenvalue weighted by Crippen LogP contribution is 2.28. The fourth-order valence-electron chi connectivity index (χ4n) is 2.21. The van der Waals surface area contributed by atoms with Crippen LogP contribution in [0.15, 0.2) is 63.8 Å². The zero-order valence-electron chi connectivity index (χ0n) is 13.7. The summed E-state index contributed by atoms with van der Waals surface area (Å²) in [6.07, 6.45) is 1.27. The lowest BCUT2D eigenvalue weighted by atomic mass is 10.1. The summed E-state index contributed by atoms with van der Waals surface area (Å²) in [5, 5.41) is 2.90. The molecule has 0 saturated heterocycles. The standard InChI is InChI=1S/C18H16N2O3S2/c1-12-8-9-14(10-13(12)2)17(21)20-18-19-11-16(24-18)25(22,23)15-6-4-3-5-7-15/h3-11H,1-2H3,(H,19,20,21). The molecule has 3 aromatic rings. The maximum Gasteiger partial charge on any atom is 0.257 e. The molecule has 25 heavy (non-hydrogen) atoms. The van der Waals surface area contributed by atoms with Gasteiger partial charge in [0.25, 0.3) is 5.91 Å². The molecular formula is C18H16N2O3S2. The van der Waals surface area contributed by atoms with Gasteiger partial charge in [-0.3, -0.25) is 10.1 Å². The number of nitrogens with one attached hydrogen (secondary N) is 1. The van der Waals surface area contributed by atoms with Crippen LogP contribution in [0.2, 0.25) is 0 Å². The van der Waals surface area contributed by atoms with E-state index in [2.05, 4.69) is 10.3 Å². The molecule has 1 amide bonds. The number of sulfone groups is 1. The van der Waals surface area contributed by atoms with Crippen molar-refractivity contribution in [2.75, 3.05) is 5.32 Å². The molecule has 0 aliphatic carbocycles. The number of anilines is 1. The predicted octanol–water partition coefficient (Wildman–Crippen LogP) is 3.85. The van der Waals surface area contributed by atoms with Gasteiger partial charge in [-0.25, -0.2) is 13.4 Å². The molecule has 7 heteroatoms. The molecule has 0 aliphatic heterocycles. The average Bonchev–Trinajstić information content (AvgIpc) is 3.07. The molecule has 0 spiro atoms. The number of thiazole rings is 1. The van der Waals surface area contributed by atoms with Crippen LogP contribution in [0.3, 0.4) is 0 Å². The lowest BCUT2D eigenvalue weighted by molar-refractivity contribution is 0.102. The molecule has 2 aromatic carbocycles. The number of hydrogen-bond acceptors (Lipinski definition) is 5. The molecule has 0 bridgehead atoms. The molecular weight excluding hydrogens is 356 g/mol. The van der Waals surface area contributed by atoms with Crippen LogP contribution < -0.4 is 5.32 Å². The van der Waals surface area contributed by atoms with Gasteiger partial charge in [-0.1, -0.05) is 35.6 Å². The van der Waals surface area contributed by atoms with E-state index in [0.29, 0.717) is 5.56 Å². The van der Waals surface area contributed by atoms with Crippen LogP contribution in [0, 0.1) is 13.8 Å². The largest absolute Gasteiger partial charge is 0.298 e. The van der Waals surface area contributed by atoms with Gasteiger partial charge in [0.05, 0.1) is 11.1 Å². The minimum Gasteiger partial charge on any atom is -0.298 e. The van der Waals surface area contributed by atoms with E-state index in [9.17, 15) is 13.2 Å². The lowest BCUT2D eigenvalue weighted by Gasteiger charge is -2.05. The Kier molecular flexibility index (Phi) is 4.69. The molecule has 128 valence electrons. The average molecular weight is 372 g/mol. The van der Waals surface area contributed by atoms with Gasteiger partial charge < -0.3 is 0 Å². The number of aromatic nitrogens is 1. The van der Waals surface area contributed by atoms with Crippen molar-refractivity contribution in [3.05, 3.63) is 71.4 Å². The van der Waals surface area contributed by atoms with Crippen LogP contribution in [0.1, 0.15) is 21.5 Å². The van der Waals surface area contributed by atoms with Crippen molar-refractivity contribution < 1.29 is 13.2 Å². The van der Waals surface area contributed by atoms with Crippen LogP contribution >= 0.6 is 11.3 Å². The van der Waals surface area contributed by atoms with Gasteiger partial charge in [0.2, 0.25) is 9.84 Å². The summed E-state index contributed by atoms with van der Waals surface area (Å²) in [5.74, 6) is -0.318. The number of aryl methyl sites for hydroxylation is 2. The third kappa shape index (κ3) is 3.62. The smallest absolute Gasteiger partial charge is 0.257 e. The Balaban J connectivity index is 1.82. The molecule has 5 nitrogen and oxygen atoms in total. The van der Waals surface area contributed by atoms with Gasteiger partial charge in [-0.2, -0.15) is 0 Å². The first-order valence-corrected chi connectivity index (χ1v) is 9.82. The molecule has 1 heterocycles. The topological polar surface area (TPSA) is 76.1 Å². The van der Waals surface area contributed by atoms with Gasteiger partial charge in [-0.05, 0) is 49.2 Å². The lowest BCUT2D eigenvalue weighted by Crippen LogP contribution is -2.11. The Labute approximate surface area is 150 Å². The number of rotatable bonds is 4. The second-order valence-corrected chi connectivity index (χ2v) is 8.76. The molecule has 0 unspecified atom stereocenters. The summed E-state index contributed by atoms with van der Waals surface area (Å²) in [4.78, 5) is 16.5. The van der Waals surface area contributed by atoms with E-state index in [-0.39, 0.29) is 20.1 Å². The number of hydrogen-bond donors (Lipinski definition) is 1. The minimum absolute atomic E-state index is 0.0917. The fourth-order valence-corrected chi connectivity index (χ4v) is 4.66. The first-order chi connectivity index (χ1) is 11.9. The third-order valence-electron chi connectivity index (χ3n) is 3.79. The van der Waals surface area contributed by atoms with E-state index in [0.717, 1.165) is 22.5 Å². The molecule has 1 aromatic heterocycles. The molecule has 1 N–H and O–H groups in total. The Bertz CT molecular complexity index is 1030. The van der Waals surface area contributed by atoms with E-state index >= 15 is 0 Å². The zero-order chi connectivity index (χ0) is 18.0. The number of carbonyl (C=O) groups is 1. The highest BCUT2D eigenvalue weighted by atomic mass is 32.2. The Morgan fingerprint density at radius 1 is 1.04 bits per heavy atom. The van der Waals surface area contributed by atoms with E-state index in [4.69, 9.17) is 0 Å². The van der Waals surface area contributed by atoms with Gasteiger partial charge >= 0.3 is 0 Å². The normalized spacial score (nSPS) is 11.3. The molecule has 0 saturated carbocycles. The van der Waals surface area contributed by atoms with Crippen LogP contribution in [0.25, 0.3) is 0 Å². The monoisotopic (exact) mass is 372 g/mol. The van der Waals surface area contributed by atoms with Crippen molar-refractivity contribution in [3.63, 3.8) is 0 Å². The van der Waals surface area contributed by atoms with Crippen molar-refractivity contribution >= 4 is 32.2 Å². The van der Waals surface area contributed by atoms with E-state index < -0.39 is 9.84 Å². The fraction of sp³-hybridized carbons (Fsp3) is 0.111. The van der Waals surface area contributed by atoms with Gasteiger partial charge in [-0.15, -0.1) is 0 Å². The Morgan fingerprint density at radius 2 is 1.76 bits per heavy atom. The molecule has 0 atom stereocenters. The zero-order valence-corrected chi connectivity index (χ0v) is 15.3. The summed E-state index contributed by atoms with van der Waals surface area (Å²) in [7, 11) is -3.63. The van der Waals surface area contributed by atoms with Crippen molar-refractivity contribution in [3.8, 4) is 0 Å². The molecule has 0 radical (unpaired) electrons. The Hall–Kier alpha value is -2.51. The second-order valence-electron chi connectivity index (χ2n) is 5.55. The van der Waals surface area contributed by atoms with Crippen LogP contribution in [-0.4, -0.2) is 19.3 Å². The van der Waals surface area contributed by atoms with Crippen LogP contribution in [-0.2, 0) is 9.84 Å². The summed E-state index contributed by atoms with van der Waals surface area (Å²) < 4.78 is 25.2. The Morgan fingerprint density at radius 3 is 2.44 bits per heavy atom. The SMILES string of the molecule is Cc1ccc(C(=O)Nc2ncc(S(=O)(=O)c3ccccc3)s2)cc1C. The number of amides is 1. The maximum absolute atomic E-state index is 12.5. The first-order valence-electron chi connectivity index (χ1n) is 7.52. The van der Waals surface area contributed by atoms with Crippen molar-refractivity contribution in [1.82, 2.24) is 4.98 Å².